The fourth-order valence-corrected chi connectivity index (χ4v) is 7.49. The van der Waals surface area contributed by atoms with Crippen LogP contribution in [-0.2, 0) is 4.57 Å². The predicted octanol–water partition coefficient (Wildman–Crippen LogP) is 4.53. The molecule has 0 saturated carbocycles. The number of aliphatic hydroxyl groups excluding tert-OH is 2. The smallest absolute Gasteiger partial charge is 0.154 e. The van der Waals surface area contributed by atoms with Gasteiger partial charge in [0.1, 0.15) is 24.7 Å². The molecule has 0 spiro atoms. The Labute approximate surface area is 206 Å². The van der Waals surface area contributed by atoms with Gasteiger partial charge in [0.25, 0.3) is 0 Å². The van der Waals surface area contributed by atoms with E-state index in [0.29, 0.717) is 11.5 Å². The molecule has 6 heteroatoms. The van der Waals surface area contributed by atoms with Gasteiger partial charge in [-0.25, -0.2) is 0 Å². The molecule has 5 nitrogen and oxygen atoms in total. The van der Waals surface area contributed by atoms with E-state index in [2.05, 4.69) is 0 Å². The fourth-order valence-electron chi connectivity index (χ4n) is 4.18. The second kappa shape index (κ2) is 11.9. The summed E-state index contributed by atoms with van der Waals surface area (Å²) in [6.07, 6.45) is 0. The minimum Gasteiger partial charge on any atom is -0.491 e. The lowest BCUT2D eigenvalue weighted by Gasteiger charge is -2.30. The number of hydrogen-bond donors (Lipinski definition) is 2. The highest BCUT2D eigenvalue weighted by molar-refractivity contribution is 7.79. The quantitative estimate of drug-likeness (QED) is 0.304. The first-order chi connectivity index (χ1) is 17.2. The van der Waals surface area contributed by atoms with E-state index in [-0.39, 0.29) is 26.4 Å². The summed E-state index contributed by atoms with van der Waals surface area (Å²) in [5.74, 6) is 1.28. The number of rotatable bonds is 11. The second-order valence-corrected chi connectivity index (χ2v) is 10.9. The predicted molar refractivity (Wildman–Crippen MR) is 140 cm³/mol. The van der Waals surface area contributed by atoms with Gasteiger partial charge in [-0.15, -0.1) is 0 Å². The van der Waals surface area contributed by atoms with Gasteiger partial charge in [-0.1, -0.05) is 84.9 Å². The molecular formula is C29H29O5P. The lowest BCUT2D eigenvalue weighted by Crippen LogP contribution is -2.22. The first-order valence-corrected chi connectivity index (χ1v) is 13.3. The third kappa shape index (κ3) is 5.66. The number of benzene rings is 4. The molecule has 0 saturated heterocycles. The van der Waals surface area contributed by atoms with E-state index in [1.807, 2.05) is 109 Å². The van der Waals surface area contributed by atoms with E-state index in [1.165, 1.54) is 0 Å². The average molecular weight is 489 g/mol. The van der Waals surface area contributed by atoms with Crippen molar-refractivity contribution in [3.63, 3.8) is 0 Å². The van der Waals surface area contributed by atoms with E-state index in [9.17, 15) is 0 Å². The van der Waals surface area contributed by atoms with Gasteiger partial charge in [0.15, 0.2) is 7.14 Å². The molecule has 0 aliphatic rings. The molecule has 0 bridgehead atoms. The highest BCUT2D eigenvalue weighted by Crippen LogP contribution is 2.60. The Kier molecular flexibility index (Phi) is 8.38. The third-order valence-electron chi connectivity index (χ3n) is 5.75. The van der Waals surface area contributed by atoms with E-state index in [4.69, 9.17) is 19.7 Å². The Morgan fingerprint density at radius 1 is 0.571 bits per heavy atom. The van der Waals surface area contributed by atoms with Crippen LogP contribution >= 0.6 is 7.14 Å². The zero-order valence-electron chi connectivity index (χ0n) is 19.4. The van der Waals surface area contributed by atoms with Crippen LogP contribution in [0.25, 0.3) is 0 Å². The van der Waals surface area contributed by atoms with Crippen LogP contribution in [0.15, 0.2) is 109 Å². The van der Waals surface area contributed by atoms with Crippen LogP contribution in [-0.4, -0.2) is 36.6 Å². The van der Waals surface area contributed by atoms with Crippen LogP contribution < -0.4 is 20.1 Å². The maximum atomic E-state index is 15.3. The highest BCUT2D eigenvalue weighted by atomic mass is 31.2. The van der Waals surface area contributed by atoms with Gasteiger partial charge >= 0.3 is 0 Å². The molecule has 0 aromatic heterocycles. The normalized spacial score (nSPS) is 11.4. The summed E-state index contributed by atoms with van der Waals surface area (Å²) in [6.45, 7) is 0.299. The monoisotopic (exact) mass is 488 g/mol. The molecule has 0 radical (unpaired) electrons. The van der Waals surface area contributed by atoms with Crippen molar-refractivity contribution in [1.29, 1.82) is 0 Å². The van der Waals surface area contributed by atoms with Crippen LogP contribution in [0.4, 0.5) is 0 Å². The molecule has 0 amide bonds. The van der Waals surface area contributed by atoms with Crippen molar-refractivity contribution in [2.75, 3.05) is 26.4 Å². The molecule has 4 aromatic carbocycles. The molecule has 0 aliphatic carbocycles. The molecule has 0 fully saturated rings. The molecule has 2 N–H and O–H groups in total. The number of aliphatic hydroxyl groups is 2. The van der Waals surface area contributed by atoms with Crippen molar-refractivity contribution in [2.24, 2.45) is 0 Å². The van der Waals surface area contributed by atoms with Gasteiger partial charge in [-0.05, 0) is 35.4 Å². The first-order valence-electron chi connectivity index (χ1n) is 11.5. The topological polar surface area (TPSA) is 76.0 Å². The Morgan fingerprint density at radius 3 is 1.29 bits per heavy atom. The summed E-state index contributed by atoms with van der Waals surface area (Å²) in [7, 11) is -3.21. The maximum absolute atomic E-state index is 15.3. The number of hydrogen-bond acceptors (Lipinski definition) is 5. The van der Waals surface area contributed by atoms with E-state index in [1.54, 1.807) is 0 Å². The van der Waals surface area contributed by atoms with E-state index in [0.717, 1.165) is 21.7 Å². The molecule has 180 valence electrons. The summed E-state index contributed by atoms with van der Waals surface area (Å²) >= 11 is 0. The molecule has 4 rings (SSSR count). The lowest BCUT2D eigenvalue weighted by atomic mass is 10.0. The summed E-state index contributed by atoms with van der Waals surface area (Å²) in [5, 5.41) is 19.7. The number of ether oxygens (including phenoxy) is 2. The first kappa shape index (κ1) is 24.7. The third-order valence-corrected chi connectivity index (χ3v) is 9.21. The SMILES string of the molecule is O=P(c1ccccc1)(c1ccccc1)C(c1ccc(OCCO)cc1)c1ccc(OCCO)cc1. The summed E-state index contributed by atoms with van der Waals surface area (Å²) in [6, 6.07) is 34.4. The Bertz CT molecular complexity index is 1130. The summed E-state index contributed by atoms with van der Waals surface area (Å²) < 4.78 is 26.4. The zero-order chi connectivity index (χ0) is 24.5. The lowest BCUT2D eigenvalue weighted by molar-refractivity contribution is 0.201. The Morgan fingerprint density at radius 2 is 0.943 bits per heavy atom. The van der Waals surface area contributed by atoms with Gasteiger partial charge in [-0.2, -0.15) is 0 Å². The average Bonchev–Trinajstić information content (AvgIpc) is 2.93. The molecule has 0 heterocycles. The minimum absolute atomic E-state index is 0.0632. The van der Waals surface area contributed by atoms with Gasteiger partial charge in [0.2, 0.25) is 0 Å². The van der Waals surface area contributed by atoms with Gasteiger partial charge < -0.3 is 24.3 Å². The van der Waals surface area contributed by atoms with Gasteiger partial charge in [0.05, 0.1) is 18.9 Å². The fraction of sp³-hybridized carbons (Fsp3) is 0.172. The van der Waals surface area contributed by atoms with Crippen LogP contribution in [0.3, 0.4) is 0 Å². The Hall–Kier alpha value is -3.37. The molecule has 0 atom stereocenters. The second-order valence-electron chi connectivity index (χ2n) is 8.01. The van der Waals surface area contributed by atoms with Crippen molar-refractivity contribution in [2.45, 2.75) is 5.66 Å². The van der Waals surface area contributed by atoms with E-state index >= 15 is 4.57 Å². The van der Waals surface area contributed by atoms with Crippen LogP contribution in [0.1, 0.15) is 16.8 Å². The molecule has 35 heavy (non-hydrogen) atoms. The van der Waals surface area contributed by atoms with Crippen molar-refractivity contribution in [3.05, 3.63) is 120 Å². The molecule has 0 aliphatic heterocycles. The van der Waals surface area contributed by atoms with Crippen LogP contribution in [0.2, 0.25) is 0 Å². The van der Waals surface area contributed by atoms with Crippen molar-refractivity contribution in [3.8, 4) is 11.5 Å². The van der Waals surface area contributed by atoms with Crippen LogP contribution in [0, 0.1) is 0 Å². The maximum Gasteiger partial charge on any atom is 0.154 e. The van der Waals surface area contributed by atoms with Crippen molar-refractivity contribution in [1.82, 2.24) is 0 Å². The molecule has 0 unspecified atom stereocenters. The molecular weight excluding hydrogens is 459 g/mol. The van der Waals surface area contributed by atoms with Crippen molar-refractivity contribution >= 4 is 17.8 Å². The molecule has 4 aromatic rings. The minimum atomic E-state index is -3.21. The standard InChI is InChI=1S/C29H29O5P/c30-19-21-33-25-15-11-23(12-16-25)29(24-13-17-26(18-14-24)34-22-20-31)35(32,27-7-3-1-4-8-27)28-9-5-2-6-10-28/h1-18,29-31H,19-22H2. The Balaban J connectivity index is 1.87. The summed E-state index contributed by atoms with van der Waals surface area (Å²) in [4.78, 5) is 0. The van der Waals surface area contributed by atoms with Gasteiger partial charge in [0, 0.05) is 10.6 Å². The largest absolute Gasteiger partial charge is 0.491 e. The van der Waals surface area contributed by atoms with Crippen molar-refractivity contribution < 1.29 is 24.3 Å². The van der Waals surface area contributed by atoms with Crippen LogP contribution in [0.5, 0.6) is 11.5 Å². The summed E-state index contributed by atoms with van der Waals surface area (Å²) in [5.41, 5.74) is 1.33. The van der Waals surface area contributed by atoms with Gasteiger partial charge in [-0.3, -0.25) is 0 Å². The highest BCUT2D eigenvalue weighted by Gasteiger charge is 2.38. The van der Waals surface area contributed by atoms with E-state index < -0.39 is 12.8 Å². The zero-order valence-corrected chi connectivity index (χ0v) is 20.3.